The monoisotopic (exact) mass is 880 g/mol. The molecule has 8 aromatic rings. The quantitative estimate of drug-likeness (QED) is 0.149. The van der Waals surface area contributed by atoms with Gasteiger partial charge < -0.3 is 19.8 Å². The second-order valence-corrected chi connectivity index (χ2v) is 11.5. The molecule has 13 heteroatoms. The fourth-order valence-electron chi connectivity index (χ4n) is 5.09. The number of carbonyl (C=O) groups is 2. The van der Waals surface area contributed by atoms with Crippen molar-refractivity contribution >= 4 is 36.8 Å². The van der Waals surface area contributed by atoms with Gasteiger partial charge in [0.15, 0.2) is 0 Å². The maximum Gasteiger partial charge on any atom is 2.00 e. The number of halogens is 2. The third-order valence-electron chi connectivity index (χ3n) is 7.88. The molecule has 0 fully saturated rings. The number of aromatic carboxylic acids is 2. The van der Waals surface area contributed by atoms with Crippen molar-refractivity contribution in [3.8, 4) is 56.4 Å². The summed E-state index contributed by atoms with van der Waals surface area (Å²) in [7, 11) is 0. The molecule has 0 aliphatic rings. The number of aromatic nitrogens is 6. The topological polar surface area (TPSA) is 158 Å². The van der Waals surface area contributed by atoms with Crippen molar-refractivity contribution in [2.75, 3.05) is 0 Å². The minimum atomic E-state index is -1.21. The van der Waals surface area contributed by atoms with Crippen LogP contribution in [0.5, 0.6) is 0 Å². The van der Waals surface area contributed by atoms with Gasteiger partial charge in [0.1, 0.15) is 0 Å². The summed E-state index contributed by atoms with van der Waals surface area (Å²) in [5.41, 5.74) is 8.72. The van der Waals surface area contributed by atoms with Crippen molar-refractivity contribution < 1.29 is 39.3 Å². The van der Waals surface area contributed by atoms with Crippen LogP contribution in [-0.2, 0) is 19.5 Å². The van der Waals surface area contributed by atoms with E-state index < -0.39 is 11.9 Å². The van der Waals surface area contributed by atoms with Crippen LogP contribution in [0, 0.1) is 0 Å². The molecule has 0 unspecified atom stereocenters. The molecule has 0 amide bonds. The predicted molar refractivity (Wildman–Crippen MR) is 216 cm³/mol. The molecular weight excluding hydrogens is 848 g/mol. The molecular formula is C44H32Cl2N6O4Ru. The van der Waals surface area contributed by atoms with Crippen LogP contribution in [0.3, 0.4) is 0 Å². The van der Waals surface area contributed by atoms with E-state index in [-0.39, 0.29) is 55.4 Å². The molecule has 0 bridgehead atoms. The zero-order valence-corrected chi connectivity index (χ0v) is 33.2. The molecule has 6 heterocycles. The number of hydrogen-bond donors (Lipinski definition) is 0. The minimum absolute atomic E-state index is 0. The van der Waals surface area contributed by atoms with Gasteiger partial charge in [0.05, 0.1) is 46.1 Å². The van der Waals surface area contributed by atoms with Crippen molar-refractivity contribution in [1.29, 1.82) is 0 Å². The molecule has 0 aliphatic heterocycles. The largest absolute Gasteiger partial charge is 2.00 e. The van der Waals surface area contributed by atoms with Crippen LogP contribution in [0.25, 0.3) is 56.4 Å². The molecule has 0 atom stereocenters. The molecule has 0 saturated heterocycles. The minimum Gasteiger partial charge on any atom is -0.545 e. The van der Waals surface area contributed by atoms with Crippen LogP contribution in [-0.4, -0.2) is 41.8 Å². The van der Waals surface area contributed by atoms with Crippen molar-refractivity contribution in [3.05, 3.63) is 194 Å². The first-order valence-electron chi connectivity index (χ1n) is 16.7. The van der Waals surface area contributed by atoms with Gasteiger partial charge in [0, 0.05) is 48.3 Å². The fourth-order valence-corrected chi connectivity index (χ4v) is 5.09. The van der Waals surface area contributed by atoms with Crippen LogP contribution in [0.15, 0.2) is 183 Å². The first kappa shape index (κ1) is 44.9. The summed E-state index contributed by atoms with van der Waals surface area (Å²) in [6.45, 7) is 0. The maximum absolute atomic E-state index is 10.9. The number of pyridine rings is 6. The van der Waals surface area contributed by atoms with Crippen LogP contribution < -0.4 is 10.2 Å². The molecule has 0 N–H and O–H groups in total. The number of benzene rings is 2. The van der Waals surface area contributed by atoms with E-state index in [0.29, 0.717) is 11.4 Å². The van der Waals surface area contributed by atoms with E-state index in [1.54, 1.807) is 61.4 Å². The van der Waals surface area contributed by atoms with Gasteiger partial charge >= 0.3 is 19.5 Å². The number of rotatable bonds is 7. The predicted octanol–water partition coefficient (Wildman–Crippen LogP) is 7.33. The van der Waals surface area contributed by atoms with Gasteiger partial charge in [-0.1, -0.05) is 84.9 Å². The molecule has 2 aromatic carbocycles. The Kier molecular flexibility index (Phi) is 17.9. The maximum atomic E-state index is 10.9. The second-order valence-electron chi connectivity index (χ2n) is 11.5. The zero-order valence-electron chi connectivity index (χ0n) is 29.8. The van der Waals surface area contributed by atoms with Gasteiger partial charge in [-0.05, 0) is 82.9 Å². The van der Waals surface area contributed by atoms with E-state index in [0.717, 1.165) is 45.0 Å². The van der Waals surface area contributed by atoms with Crippen LogP contribution in [0.2, 0.25) is 0 Å². The normalized spacial score (nSPS) is 9.61. The number of carboxylic acids is 2. The summed E-state index contributed by atoms with van der Waals surface area (Å²) in [6, 6.07) is 43.5. The SMILES string of the molecule is Cl.Cl.O=C([O-])c1ccc(-c2ccc(-c3ccc(-c4ccc(C(=O)[O-])cc4)cn3)nc2)cc1.[Ru+2].c1ccc(-c2ccccn2)nc1.c1ccc(-c2ccccn2)nc1. The Morgan fingerprint density at radius 1 is 0.333 bits per heavy atom. The molecule has 0 spiro atoms. The average molecular weight is 881 g/mol. The molecule has 0 aliphatic carbocycles. The first-order chi connectivity index (χ1) is 26.4. The Balaban J connectivity index is 0.000000265. The third kappa shape index (κ3) is 12.8. The van der Waals surface area contributed by atoms with E-state index in [2.05, 4.69) is 29.9 Å². The van der Waals surface area contributed by atoms with Gasteiger partial charge in [-0.25, -0.2) is 0 Å². The van der Waals surface area contributed by atoms with Crippen molar-refractivity contribution in [2.24, 2.45) is 0 Å². The van der Waals surface area contributed by atoms with Gasteiger partial charge in [-0.3, -0.25) is 29.9 Å². The second kappa shape index (κ2) is 22.8. The summed E-state index contributed by atoms with van der Waals surface area (Å²) in [6.07, 6.45) is 10.5. The zero-order chi connectivity index (χ0) is 37.5. The average Bonchev–Trinajstić information content (AvgIpc) is 3.25. The van der Waals surface area contributed by atoms with Crippen molar-refractivity contribution in [1.82, 2.24) is 29.9 Å². The number of carboxylic acid groups (broad SMARTS) is 2. The Bertz CT molecular complexity index is 2150. The molecule has 0 saturated carbocycles. The summed E-state index contributed by atoms with van der Waals surface area (Å²) in [4.78, 5) is 47.4. The van der Waals surface area contributed by atoms with Crippen LogP contribution in [0.1, 0.15) is 20.7 Å². The Labute approximate surface area is 354 Å². The summed E-state index contributed by atoms with van der Waals surface area (Å²) < 4.78 is 0. The summed E-state index contributed by atoms with van der Waals surface area (Å²) in [5.74, 6) is -2.42. The van der Waals surface area contributed by atoms with E-state index in [1.807, 2.05) is 97.1 Å². The molecule has 0 radical (unpaired) electrons. The van der Waals surface area contributed by atoms with E-state index >= 15 is 0 Å². The van der Waals surface area contributed by atoms with Gasteiger partial charge in [-0.15, -0.1) is 24.8 Å². The van der Waals surface area contributed by atoms with Crippen molar-refractivity contribution in [3.63, 3.8) is 0 Å². The van der Waals surface area contributed by atoms with Gasteiger partial charge in [0.2, 0.25) is 0 Å². The van der Waals surface area contributed by atoms with E-state index in [4.69, 9.17) is 0 Å². The van der Waals surface area contributed by atoms with Crippen LogP contribution >= 0.6 is 24.8 Å². The number of nitrogens with zero attached hydrogens (tertiary/aromatic N) is 6. The van der Waals surface area contributed by atoms with E-state index in [9.17, 15) is 19.8 Å². The fraction of sp³-hybridized carbons (Fsp3) is 0. The first-order valence-corrected chi connectivity index (χ1v) is 16.7. The summed E-state index contributed by atoms with van der Waals surface area (Å²) in [5, 5.41) is 21.7. The molecule has 8 rings (SSSR count). The van der Waals surface area contributed by atoms with E-state index in [1.165, 1.54) is 24.3 Å². The van der Waals surface area contributed by atoms with Crippen LogP contribution in [0.4, 0.5) is 0 Å². The standard InChI is InChI=1S/C24H16N2O4.2C10H8N2.2ClH.Ru/c27-23(28)17-5-1-15(2-6-17)19-9-11-21(25-13-19)22-12-10-20(14-26-22)16-3-7-18(8-4-16)24(29)30;2*1-3-7-11-9(5-1)10-6-2-4-8-12-10;;;/h1-14H,(H,27,28)(H,29,30);2*1-8H;2*1H;/q;;;;;+2/p-2. The number of carbonyl (C=O) groups excluding carboxylic acids is 2. The Morgan fingerprint density at radius 3 is 0.807 bits per heavy atom. The third-order valence-corrected chi connectivity index (χ3v) is 7.88. The van der Waals surface area contributed by atoms with Crippen molar-refractivity contribution in [2.45, 2.75) is 0 Å². The Morgan fingerprint density at radius 2 is 0.596 bits per heavy atom. The summed E-state index contributed by atoms with van der Waals surface area (Å²) >= 11 is 0. The van der Waals surface area contributed by atoms with Gasteiger partial charge in [0.25, 0.3) is 0 Å². The smallest absolute Gasteiger partial charge is 0.545 e. The molecule has 6 aromatic heterocycles. The molecule has 284 valence electrons. The Hall–Kier alpha value is -6.52. The van der Waals surface area contributed by atoms with Gasteiger partial charge in [-0.2, -0.15) is 0 Å². The molecule has 57 heavy (non-hydrogen) atoms. The molecule has 10 nitrogen and oxygen atoms in total. The number of hydrogen-bond acceptors (Lipinski definition) is 10.